The van der Waals surface area contributed by atoms with E-state index >= 15 is 0 Å². The van der Waals surface area contributed by atoms with Crippen molar-refractivity contribution in [1.29, 1.82) is 0 Å². The highest BCUT2D eigenvalue weighted by Crippen LogP contribution is 2.51. The second-order valence-electron chi connectivity index (χ2n) is 19.3. The first kappa shape index (κ1) is 39.9. The number of fused-ring (bicyclic) bond motifs is 3. The molecular weight excluding hydrogens is 699 g/mol. The average molecular weight is 764 g/mol. The van der Waals surface area contributed by atoms with Gasteiger partial charge in [0, 0.05) is 22.5 Å². The molecule has 1 saturated carbocycles. The summed E-state index contributed by atoms with van der Waals surface area (Å²) in [5.41, 5.74) is 21.3. The molecule has 58 heavy (non-hydrogen) atoms. The zero-order valence-electron chi connectivity index (χ0n) is 36.9. The van der Waals surface area contributed by atoms with Gasteiger partial charge >= 0.3 is 0 Å². The molecule has 6 aromatic rings. The van der Waals surface area contributed by atoms with Crippen molar-refractivity contribution in [3.8, 4) is 33.4 Å². The van der Waals surface area contributed by atoms with E-state index < -0.39 is 0 Å². The maximum absolute atomic E-state index is 2.54. The smallest absolute Gasteiger partial charge is 0.0470 e. The summed E-state index contributed by atoms with van der Waals surface area (Å²) >= 11 is 0. The summed E-state index contributed by atoms with van der Waals surface area (Å²) in [6.07, 6.45) is 6.68. The van der Waals surface area contributed by atoms with Crippen molar-refractivity contribution in [3.05, 3.63) is 160 Å². The predicted molar refractivity (Wildman–Crippen MR) is 252 cm³/mol. The largest absolute Gasteiger partial charge is 0.310 e. The van der Waals surface area contributed by atoms with Gasteiger partial charge in [0.05, 0.1) is 0 Å². The van der Waals surface area contributed by atoms with Gasteiger partial charge in [0.15, 0.2) is 0 Å². The monoisotopic (exact) mass is 764 g/mol. The second-order valence-corrected chi connectivity index (χ2v) is 19.3. The summed E-state index contributed by atoms with van der Waals surface area (Å²) in [7, 11) is 0. The fraction of sp³-hybridized carbons (Fsp3) is 0.368. The molecule has 0 heterocycles. The molecule has 0 spiro atoms. The highest BCUT2D eigenvalue weighted by Gasteiger charge is 2.36. The van der Waals surface area contributed by atoms with Gasteiger partial charge in [-0.2, -0.15) is 0 Å². The Balaban J connectivity index is 1.31. The molecule has 8 rings (SSSR count). The predicted octanol–water partition coefficient (Wildman–Crippen LogP) is 17.3. The first-order valence-corrected chi connectivity index (χ1v) is 22.4. The highest BCUT2D eigenvalue weighted by molar-refractivity contribution is 5.87. The zero-order chi connectivity index (χ0) is 40.9. The van der Waals surface area contributed by atoms with Crippen LogP contribution in [0.5, 0.6) is 0 Å². The summed E-state index contributed by atoms with van der Waals surface area (Å²) in [5, 5.41) is 0. The lowest BCUT2D eigenvalue weighted by Gasteiger charge is -2.30. The van der Waals surface area contributed by atoms with E-state index in [0.29, 0.717) is 29.6 Å². The number of benzene rings is 6. The summed E-state index contributed by atoms with van der Waals surface area (Å²) < 4.78 is 0. The third kappa shape index (κ3) is 7.70. The van der Waals surface area contributed by atoms with Crippen LogP contribution in [0.15, 0.2) is 121 Å². The third-order valence-electron chi connectivity index (χ3n) is 13.5. The van der Waals surface area contributed by atoms with Gasteiger partial charge in [0.1, 0.15) is 0 Å². The van der Waals surface area contributed by atoms with E-state index in [-0.39, 0.29) is 5.41 Å². The average Bonchev–Trinajstić information content (AvgIpc) is 3.46. The van der Waals surface area contributed by atoms with E-state index in [4.69, 9.17) is 0 Å². The fourth-order valence-corrected chi connectivity index (χ4v) is 9.70. The van der Waals surface area contributed by atoms with Crippen LogP contribution in [0.3, 0.4) is 0 Å². The van der Waals surface area contributed by atoms with Gasteiger partial charge in [-0.3, -0.25) is 0 Å². The van der Waals surface area contributed by atoms with E-state index in [1.807, 2.05) is 0 Å². The molecule has 0 N–H and O–H groups in total. The minimum atomic E-state index is -0.0839. The maximum atomic E-state index is 2.54. The Morgan fingerprint density at radius 2 is 0.914 bits per heavy atom. The lowest BCUT2D eigenvalue weighted by molar-refractivity contribution is 0.443. The molecule has 2 aliphatic carbocycles. The first-order valence-electron chi connectivity index (χ1n) is 22.4. The van der Waals surface area contributed by atoms with Crippen LogP contribution in [0.25, 0.3) is 33.4 Å². The van der Waals surface area contributed by atoms with Crippen LogP contribution in [0.2, 0.25) is 0 Å². The molecule has 1 fully saturated rings. The first-order chi connectivity index (χ1) is 27.8. The summed E-state index contributed by atoms with van der Waals surface area (Å²) in [6.45, 7) is 23.4. The summed E-state index contributed by atoms with van der Waals surface area (Å²) in [6, 6.07) is 47.8. The SMILES string of the molecule is CC(C)c1cc(-c2cc(C(C)C)cc(C(C)C)c2)cc(-c2cc(C(C)C)cc(N(c3ccc(C4CCCCC4)cc3)c3ccc4c(c3)C(C)(C)c3ccccc3-4)c2)c1. The van der Waals surface area contributed by atoms with Gasteiger partial charge in [0.2, 0.25) is 0 Å². The second kappa shape index (κ2) is 16.1. The van der Waals surface area contributed by atoms with Crippen LogP contribution in [-0.4, -0.2) is 0 Å². The minimum absolute atomic E-state index is 0.0839. The molecular formula is C57H65N. The third-order valence-corrected chi connectivity index (χ3v) is 13.5. The molecule has 0 radical (unpaired) electrons. The lowest BCUT2D eigenvalue weighted by atomic mass is 9.82. The Labute approximate surface area is 350 Å². The molecule has 0 amide bonds. The van der Waals surface area contributed by atoms with E-state index in [0.717, 1.165) is 0 Å². The Morgan fingerprint density at radius 1 is 0.431 bits per heavy atom. The number of hydrogen-bond donors (Lipinski definition) is 0. The van der Waals surface area contributed by atoms with Crippen LogP contribution in [0, 0.1) is 0 Å². The van der Waals surface area contributed by atoms with Crippen molar-refractivity contribution in [2.75, 3.05) is 4.90 Å². The molecule has 0 bridgehead atoms. The van der Waals surface area contributed by atoms with Crippen LogP contribution < -0.4 is 4.90 Å². The Kier molecular flexibility index (Phi) is 11.0. The molecule has 1 nitrogen and oxygen atoms in total. The van der Waals surface area contributed by atoms with E-state index in [1.54, 1.807) is 0 Å². The molecule has 0 unspecified atom stereocenters. The normalized spacial score (nSPS) is 15.1. The van der Waals surface area contributed by atoms with Gasteiger partial charge in [0.25, 0.3) is 0 Å². The van der Waals surface area contributed by atoms with Gasteiger partial charge in [-0.25, -0.2) is 0 Å². The summed E-state index contributed by atoms with van der Waals surface area (Å²) in [5.74, 6) is 2.38. The van der Waals surface area contributed by atoms with Crippen molar-refractivity contribution in [2.24, 2.45) is 0 Å². The molecule has 0 saturated heterocycles. The van der Waals surface area contributed by atoms with Crippen molar-refractivity contribution >= 4 is 17.1 Å². The van der Waals surface area contributed by atoms with Crippen molar-refractivity contribution < 1.29 is 0 Å². The molecule has 6 aromatic carbocycles. The van der Waals surface area contributed by atoms with Crippen LogP contribution in [-0.2, 0) is 5.41 Å². The Morgan fingerprint density at radius 3 is 1.50 bits per heavy atom. The Hall–Kier alpha value is -4.88. The van der Waals surface area contributed by atoms with Gasteiger partial charge < -0.3 is 4.90 Å². The molecule has 2 aliphatic rings. The van der Waals surface area contributed by atoms with Crippen molar-refractivity contribution in [2.45, 2.75) is 136 Å². The van der Waals surface area contributed by atoms with Crippen LogP contribution >= 0.6 is 0 Å². The van der Waals surface area contributed by atoms with Crippen molar-refractivity contribution in [1.82, 2.24) is 0 Å². The molecule has 298 valence electrons. The van der Waals surface area contributed by atoms with Crippen molar-refractivity contribution in [3.63, 3.8) is 0 Å². The van der Waals surface area contributed by atoms with Gasteiger partial charge in [-0.15, -0.1) is 0 Å². The summed E-state index contributed by atoms with van der Waals surface area (Å²) in [4.78, 5) is 2.54. The topological polar surface area (TPSA) is 3.24 Å². The van der Waals surface area contributed by atoms with E-state index in [1.165, 1.54) is 121 Å². The number of anilines is 3. The van der Waals surface area contributed by atoms with E-state index in [2.05, 4.69) is 195 Å². The number of rotatable bonds is 10. The van der Waals surface area contributed by atoms with Crippen LogP contribution in [0.4, 0.5) is 17.1 Å². The highest BCUT2D eigenvalue weighted by atomic mass is 15.1. The molecule has 1 heteroatoms. The molecule has 0 aromatic heterocycles. The molecule has 0 atom stereocenters. The standard InChI is InChI=1S/C57H65N/c1-36(2)42-26-43(37(3)4)28-46(27-42)47-29-44(38(5)6)30-48(32-47)49-31-45(39(7)8)33-52(34-49)58(50-22-20-41(21-23-50)40-16-12-11-13-17-40)51-24-25-54-53-18-14-15-19-55(53)57(9,10)56(54)35-51/h14-15,18-40H,11-13,16-17H2,1-10H3. The quantitative estimate of drug-likeness (QED) is 0.134. The maximum Gasteiger partial charge on any atom is 0.0470 e. The number of nitrogens with zero attached hydrogens (tertiary/aromatic N) is 1. The van der Waals surface area contributed by atoms with Gasteiger partial charge in [-0.05, 0) is 157 Å². The fourth-order valence-electron chi connectivity index (χ4n) is 9.70. The molecule has 0 aliphatic heterocycles. The zero-order valence-corrected chi connectivity index (χ0v) is 36.9. The van der Waals surface area contributed by atoms with E-state index in [9.17, 15) is 0 Å². The number of hydrogen-bond acceptors (Lipinski definition) is 1. The van der Waals surface area contributed by atoms with Crippen LogP contribution in [0.1, 0.15) is 170 Å². The minimum Gasteiger partial charge on any atom is -0.310 e. The Bertz CT molecular complexity index is 2390. The lowest BCUT2D eigenvalue weighted by Crippen LogP contribution is -2.16. The van der Waals surface area contributed by atoms with Gasteiger partial charge in [-0.1, -0.05) is 167 Å².